The summed E-state index contributed by atoms with van der Waals surface area (Å²) in [6.45, 7) is 8.09. The minimum atomic E-state index is 0.204. The van der Waals surface area contributed by atoms with Crippen molar-refractivity contribution in [3.8, 4) is 6.07 Å². The Bertz CT molecular complexity index is 259. The third-order valence-electron chi connectivity index (χ3n) is 3.71. The summed E-state index contributed by atoms with van der Waals surface area (Å²) < 4.78 is 5.57. The van der Waals surface area contributed by atoms with Crippen LogP contribution in [0.15, 0.2) is 0 Å². The van der Waals surface area contributed by atoms with Gasteiger partial charge < -0.3 is 4.74 Å². The molecule has 0 N–H and O–H groups in total. The van der Waals surface area contributed by atoms with Crippen molar-refractivity contribution in [2.45, 2.75) is 52.2 Å². The molecule has 1 rings (SSSR count). The number of rotatable bonds is 5. The molecule has 0 aromatic heterocycles. The number of ether oxygens (including phenoxy) is 1. The predicted octanol–water partition coefficient (Wildman–Crippen LogP) is 2.67. The summed E-state index contributed by atoms with van der Waals surface area (Å²) in [6.07, 6.45) is 3.69. The van der Waals surface area contributed by atoms with Gasteiger partial charge in [0, 0.05) is 12.6 Å². The van der Waals surface area contributed by atoms with Crippen molar-refractivity contribution < 1.29 is 4.74 Å². The summed E-state index contributed by atoms with van der Waals surface area (Å²) in [5.74, 6) is 0.952. The molecule has 0 aliphatic heterocycles. The molecule has 17 heavy (non-hydrogen) atoms. The monoisotopic (exact) mass is 238 g/mol. The van der Waals surface area contributed by atoms with Crippen LogP contribution in [-0.2, 0) is 4.74 Å². The molecule has 0 saturated heterocycles. The smallest absolute Gasteiger partial charge is 0.0672 e. The van der Waals surface area contributed by atoms with Crippen LogP contribution in [0.1, 0.15) is 40.0 Å². The van der Waals surface area contributed by atoms with Crippen LogP contribution in [0.4, 0.5) is 0 Å². The zero-order chi connectivity index (χ0) is 12.8. The Labute approximate surface area is 106 Å². The van der Waals surface area contributed by atoms with E-state index in [-0.39, 0.29) is 5.92 Å². The molecule has 1 fully saturated rings. The van der Waals surface area contributed by atoms with Gasteiger partial charge in [0.05, 0.1) is 24.7 Å². The Balaban J connectivity index is 2.41. The van der Waals surface area contributed by atoms with Gasteiger partial charge in [-0.1, -0.05) is 6.92 Å². The standard InChI is InChI=1S/C14H26N2O/c1-11(2)17-8-7-16(4)14-9-12(3)5-6-13(14)10-15/h11-14H,5-9H2,1-4H3. The largest absolute Gasteiger partial charge is 0.377 e. The topological polar surface area (TPSA) is 36.3 Å². The van der Waals surface area contributed by atoms with Crippen LogP contribution in [0.25, 0.3) is 0 Å². The van der Waals surface area contributed by atoms with Gasteiger partial charge in [0.1, 0.15) is 0 Å². The summed E-state index contributed by atoms with van der Waals surface area (Å²) in [4.78, 5) is 2.31. The summed E-state index contributed by atoms with van der Waals surface area (Å²) in [7, 11) is 2.12. The highest BCUT2D eigenvalue weighted by Crippen LogP contribution is 2.31. The number of hydrogen-bond donors (Lipinski definition) is 0. The van der Waals surface area contributed by atoms with E-state index < -0.39 is 0 Å². The Morgan fingerprint density at radius 1 is 1.41 bits per heavy atom. The molecule has 1 aliphatic carbocycles. The van der Waals surface area contributed by atoms with Crippen molar-refractivity contribution in [2.24, 2.45) is 11.8 Å². The van der Waals surface area contributed by atoms with E-state index in [1.807, 2.05) is 0 Å². The fourth-order valence-corrected chi connectivity index (χ4v) is 2.59. The molecular weight excluding hydrogens is 212 g/mol. The fraction of sp³-hybridized carbons (Fsp3) is 0.929. The van der Waals surface area contributed by atoms with E-state index in [9.17, 15) is 5.26 Å². The lowest BCUT2D eigenvalue weighted by Crippen LogP contribution is -2.43. The summed E-state index contributed by atoms with van der Waals surface area (Å²) >= 11 is 0. The number of likely N-dealkylation sites (N-methyl/N-ethyl adjacent to an activating group) is 1. The fourth-order valence-electron chi connectivity index (χ4n) is 2.59. The maximum Gasteiger partial charge on any atom is 0.0672 e. The van der Waals surface area contributed by atoms with Gasteiger partial charge in [-0.2, -0.15) is 5.26 Å². The van der Waals surface area contributed by atoms with E-state index in [0.29, 0.717) is 12.1 Å². The second-order valence-electron chi connectivity index (χ2n) is 5.62. The van der Waals surface area contributed by atoms with E-state index in [2.05, 4.69) is 38.8 Å². The Morgan fingerprint density at radius 3 is 2.71 bits per heavy atom. The maximum absolute atomic E-state index is 9.20. The van der Waals surface area contributed by atoms with Crippen molar-refractivity contribution in [1.29, 1.82) is 5.26 Å². The van der Waals surface area contributed by atoms with E-state index >= 15 is 0 Å². The van der Waals surface area contributed by atoms with E-state index in [4.69, 9.17) is 4.74 Å². The van der Waals surface area contributed by atoms with Crippen LogP contribution in [-0.4, -0.2) is 37.2 Å². The summed E-state index contributed by atoms with van der Waals surface area (Å²) in [6, 6.07) is 2.89. The van der Waals surface area contributed by atoms with Crippen LogP contribution >= 0.6 is 0 Å². The van der Waals surface area contributed by atoms with Gasteiger partial charge in [-0.15, -0.1) is 0 Å². The number of nitriles is 1. The average molecular weight is 238 g/mol. The molecule has 0 radical (unpaired) electrons. The molecule has 0 bridgehead atoms. The Morgan fingerprint density at radius 2 is 2.12 bits per heavy atom. The lowest BCUT2D eigenvalue weighted by atomic mass is 9.79. The molecule has 1 aliphatic rings. The van der Waals surface area contributed by atoms with E-state index in [1.54, 1.807) is 0 Å². The molecular formula is C14H26N2O. The van der Waals surface area contributed by atoms with Gasteiger partial charge >= 0.3 is 0 Å². The molecule has 3 unspecified atom stereocenters. The second-order valence-corrected chi connectivity index (χ2v) is 5.62. The molecule has 0 aromatic carbocycles. The molecule has 0 amide bonds. The Kier molecular flexibility index (Phi) is 5.94. The van der Waals surface area contributed by atoms with Gasteiger partial charge in [0.2, 0.25) is 0 Å². The molecule has 98 valence electrons. The van der Waals surface area contributed by atoms with Crippen molar-refractivity contribution >= 4 is 0 Å². The first-order valence-corrected chi connectivity index (χ1v) is 6.76. The van der Waals surface area contributed by atoms with Gasteiger partial charge in [-0.3, -0.25) is 4.90 Å². The third kappa shape index (κ3) is 4.65. The third-order valence-corrected chi connectivity index (χ3v) is 3.71. The van der Waals surface area contributed by atoms with E-state index in [0.717, 1.165) is 31.9 Å². The van der Waals surface area contributed by atoms with Crippen LogP contribution in [0, 0.1) is 23.2 Å². The highest BCUT2D eigenvalue weighted by atomic mass is 16.5. The molecule has 0 heterocycles. The van der Waals surface area contributed by atoms with Crippen molar-refractivity contribution in [3.05, 3.63) is 0 Å². The first kappa shape index (κ1) is 14.5. The molecule has 1 saturated carbocycles. The van der Waals surface area contributed by atoms with Gasteiger partial charge in [0.15, 0.2) is 0 Å². The van der Waals surface area contributed by atoms with Gasteiger partial charge in [-0.25, -0.2) is 0 Å². The quantitative estimate of drug-likeness (QED) is 0.739. The lowest BCUT2D eigenvalue weighted by Gasteiger charge is -2.37. The van der Waals surface area contributed by atoms with Crippen LogP contribution < -0.4 is 0 Å². The summed E-state index contributed by atoms with van der Waals surface area (Å²) in [5.41, 5.74) is 0. The SMILES string of the molecule is CC1CCC(C#N)C(N(C)CCOC(C)C)C1. The number of nitrogens with zero attached hydrogens (tertiary/aromatic N) is 2. The first-order chi connectivity index (χ1) is 8.04. The van der Waals surface area contributed by atoms with Crippen LogP contribution in [0.3, 0.4) is 0 Å². The highest BCUT2D eigenvalue weighted by Gasteiger charge is 2.31. The van der Waals surface area contributed by atoms with Crippen LogP contribution in [0.2, 0.25) is 0 Å². The second kappa shape index (κ2) is 6.98. The summed E-state index contributed by atoms with van der Waals surface area (Å²) in [5, 5.41) is 9.20. The predicted molar refractivity (Wildman–Crippen MR) is 69.6 cm³/mol. The normalized spacial score (nSPS) is 29.6. The lowest BCUT2D eigenvalue weighted by molar-refractivity contribution is 0.0422. The molecule has 3 heteroatoms. The Hall–Kier alpha value is -0.590. The van der Waals surface area contributed by atoms with Crippen molar-refractivity contribution in [2.75, 3.05) is 20.2 Å². The van der Waals surface area contributed by atoms with E-state index in [1.165, 1.54) is 6.42 Å². The number of hydrogen-bond acceptors (Lipinski definition) is 3. The molecule has 0 spiro atoms. The zero-order valence-corrected chi connectivity index (χ0v) is 11.6. The van der Waals surface area contributed by atoms with Crippen LogP contribution in [0.5, 0.6) is 0 Å². The molecule has 3 atom stereocenters. The molecule has 0 aromatic rings. The molecule has 3 nitrogen and oxygen atoms in total. The van der Waals surface area contributed by atoms with Gasteiger partial charge in [-0.05, 0) is 46.1 Å². The minimum absolute atomic E-state index is 0.204. The van der Waals surface area contributed by atoms with Crippen molar-refractivity contribution in [3.63, 3.8) is 0 Å². The average Bonchev–Trinajstić information content (AvgIpc) is 2.28. The minimum Gasteiger partial charge on any atom is -0.377 e. The van der Waals surface area contributed by atoms with Gasteiger partial charge in [0.25, 0.3) is 0 Å². The first-order valence-electron chi connectivity index (χ1n) is 6.76. The van der Waals surface area contributed by atoms with Crippen molar-refractivity contribution in [1.82, 2.24) is 4.90 Å². The zero-order valence-electron chi connectivity index (χ0n) is 11.6. The maximum atomic E-state index is 9.20. The highest BCUT2D eigenvalue weighted by molar-refractivity contribution is 4.96.